The largest absolute Gasteiger partial charge is 0.480 e. The standard InChI is InChI=1S/C26H25NO4S/c28-25(29)16-27(14-15-32-18-19-8-2-1-3-9-19)26(30)31-17-24-22-12-6-4-10-20(22)21-11-5-7-13-23(21)24/h1-13,24H,14-18H2,(H,28,29). The van der Waals surface area contributed by atoms with Gasteiger partial charge in [-0.25, -0.2) is 4.79 Å². The highest BCUT2D eigenvalue weighted by Gasteiger charge is 2.29. The molecule has 0 aliphatic heterocycles. The predicted molar refractivity (Wildman–Crippen MR) is 127 cm³/mol. The zero-order chi connectivity index (χ0) is 22.3. The van der Waals surface area contributed by atoms with Crippen molar-refractivity contribution < 1.29 is 19.4 Å². The van der Waals surface area contributed by atoms with Gasteiger partial charge in [0, 0.05) is 24.0 Å². The van der Waals surface area contributed by atoms with Crippen LogP contribution in [0.15, 0.2) is 78.9 Å². The van der Waals surface area contributed by atoms with Crippen LogP contribution >= 0.6 is 11.8 Å². The van der Waals surface area contributed by atoms with E-state index in [0.29, 0.717) is 12.3 Å². The van der Waals surface area contributed by atoms with Gasteiger partial charge in [0.2, 0.25) is 0 Å². The number of benzene rings is 3. The van der Waals surface area contributed by atoms with Gasteiger partial charge in [-0.15, -0.1) is 0 Å². The molecule has 0 fully saturated rings. The van der Waals surface area contributed by atoms with E-state index < -0.39 is 12.1 Å². The zero-order valence-electron chi connectivity index (χ0n) is 17.6. The third kappa shape index (κ3) is 5.14. The number of carboxylic acids is 1. The summed E-state index contributed by atoms with van der Waals surface area (Å²) in [5, 5.41) is 9.25. The van der Waals surface area contributed by atoms with Crippen LogP contribution in [0.25, 0.3) is 11.1 Å². The fraction of sp³-hybridized carbons (Fsp3) is 0.231. The first kappa shape index (κ1) is 22.0. The van der Waals surface area contributed by atoms with Crippen molar-refractivity contribution in [3.05, 3.63) is 95.6 Å². The molecule has 0 spiro atoms. The van der Waals surface area contributed by atoms with Gasteiger partial charge in [0.15, 0.2) is 0 Å². The van der Waals surface area contributed by atoms with E-state index >= 15 is 0 Å². The molecule has 4 rings (SSSR count). The zero-order valence-corrected chi connectivity index (χ0v) is 18.5. The highest BCUT2D eigenvalue weighted by atomic mass is 32.2. The van der Waals surface area contributed by atoms with Gasteiger partial charge in [-0.1, -0.05) is 78.9 Å². The van der Waals surface area contributed by atoms with Gasteiger partial charge in [0.1, 0.15) is 13.2 Å². The Balaban J connectivity index is 1.36. The molecule has 0 saturated carbocycles. The molecule has 1 N–H and O–H groups in total. The Labute approximate surface area is 192 Å². The van der Waals surface area contributed by atoms with Crippen LogP contribution in [-0.4, -0.2) is 47.5 Å². The average molecular weight is 448 g/mol. The molecule has 3 aromatic carbocycles. The number of hydrogen-bond donors (Lipinski definition) is 1. The number of amides is 1. The Morgan fingerprint density at radius 1 is 0.875 bits per heavy atom. The Morgan fingerprint density at radius 2 is 1.47 bits per heavy atom. The number of rotatable bonds is 9. The number of fused-ring (bicyclic) bond motifs is 3. The Hall–Kier alpha value is -3.25. The van der Waals surface area contributed by atoms with Crippen molar-refractivity contribution >= 4 is 23.8 Å². The van der Waals surface area contributed by atoms with Gasteiger partial charge in [0.25, 0.3) is 0 Å². The second kappa shape index (κ2) is 10.4. The van der Waals surface area contributed by atoms with Crippen molar-refractivity contribution in [1.82, 2.24) is 4.90 Å². The summed E-state index contributed by atoms with van der Waals surface area (Å²) in [5.41, 5.74) is 5.77. The summed E-state index contributed by atoms with van der Waals surface area (Å²) in [5.74, 6) is 0.343. The molecule has 0 unspecified atom stereocenters. The van der Waals surface area contributed by atoms with Crippen molar-refractivity contribution in [2.24, 2.45) is 0 Å². The van der Waals surface area contributed by atoms with Crippen LogP contribution in [0.1, 0.15) is 22.6 Å². The molecule has 0 heterocycles. The van der Waals surface area contributed by atoms with Gasteiger partial charge < -0.3 is 9.84 Å². The van der Waals surface area contributed by atoms with Crippen molar-refractivity contribution in [1.29, 1.82) is 0 Å². The monoisotopic (exact) mass is 447 g/mol. The Kier molecular flexibility index (Phi) is 7.12. The SMILES string of the molecule is O=C(O)CN(CCSCc1ccccc1)C(=O)OCC1c2ccccc2-c2ccccc21. The summed E-state index contributed by atoms with van der Waals surface area (Å²) in [6.45, 7) is 0.128. The number of carboxylic acid groups (broad SMARTS) is 1. The minimum atomic E-state index is -1.05. The van der Waals surface area contributed by atoms with Gasteiger partial charge in [-0.2, -0.15) is 11.8 Å². The predicted octanol–water partition coefficient (Wildman–Crippen LogP) is 5.26. The molecule has 0 atom stereocenters. The third-order valence-electron chi connectivity index (χ3n) is 5.54. The topological polar surface area (TPSA) is 66.8 Å². The number of carbonyl (C=O) groups is 2. The molecular formula is C26H25NO4S. The van der Waals surface area contributed by atoms with Crippen LogP contribution in [0.5, 0.6) is 0 Å². The van der Waals surface area contributed by atoms with Crippen molar-refractivity contribution in [3.63, 3.8) is 0 Å². The number of thioether (sulfide) groups is 1. The summed E-state index contributed by atoms with van der Waals surface area (Å²) in [6, 6.07) is 26.3. The van der Waals surface area contributed by atoms with Crippen LogP contribution in [0, 0.1) is 0 Å². The van der Waals surface area contributed by atoms with E-state index in [1.807, 2.05) is 54.6 Å². The van der Waals surface area contributed by atoms with E-state index in [-0.39, 0.29) is 19.1 Å². The average Bonchev–Trinajstić information content (AvgIpc) is 3.13. The van der Waals surface area contributed by atoms with Gasteiger partial charge in [-0.05, 0) is 27.8 Å². The molecule has 1 aliphatic carbocycles. The summed E-state index contributed by atoms with van der Waals surface area (Å²) in [6.07, 6.45) is -0.588. The van der Waals surface area contributed by atoms with Crippen LogP contribution < -0.4 is 0 Å². The smallest absolute Gasteiger partial charge is 0.410 e. The normalized spacial score (nSPS) is 12.1. The van der Waals surface area contributed by atoms with E-state index in [4.69, 9.17) is 4.74 Å². The Morgan fingerprint density at radius 3 is 2.09 bits per heavy atom. The van der Waals surface area contributed by atoms with Crippen molar-refractivity contribution in [2.75, 3.05) is 25.4 Å². The van der Waals surface area contributed by atoms with Crippen LogP contribution in [-0.2, 0) is 15.3 Å². The number of carbonyl (C=O) groups excluding carboxylic acids is 1. The van der Waals surface area contributed by atoms with Crippen LogP contribution in [0.3, 0.4) is 0 Å². The minimum absolute atomic E-state index is 0.0505. The van der Waals surface area contributed by atoms with E-state index in [1.54, 1.807) is 11.8 Å². The first-order valence-corrected chi connectivity index (χ1v) is 11.7. The maximum Gasteiger partial charge on any atom is 0.410 e. The molecular weight excluding hydrogens is 422 g/mol. The van der Waals surface area contributed by atoms with Gasteiger partial charge in [0.05, 0.1) is 0 Å². The minimum Gasteiger partial charge on any atom is -0.480 e. The van der Waals surface area contributed by atoms with E-state index in [9.17, 15) is 14.7 Å². The number of nitrogens with zero attached hydrogens (tertiary/aromatic N) is 1. The van der Waals surface area contributed by atoms with Gasteiger partial charge in [-0.3, -0.25) is 9.69 Å². The van der Waals surface area contributed by atoms with Crippen LogP contribution in [0.4, 0.5) is 4.79 Å². The molecule has 0 radical (unpaired) electrons. The molecule has 1 amide bonds. The molecule has 0 saturated heterocycles. The number of ether oxygens (including phenoxy) is 1. The molecule has 32 heavy (non-hydrogen) atoms. The number of aliphatic carboxylic acids is 1. The molecule has 0 aromatic heterocycles. The van der Waals surface area contributed by atoms with Gasteiger partial charge >= 0.3 is 12.1 Å². The third-order valence-corrected chi connectivity index (χ3v) is 6.55. The highest BCUT2D eigenvalue weighted by molar-refractivity contribution is 7.98. The molecule has 6 heteroatoms. The lowest BCUT2D eigenvalue weighted by Crippen LogP contribution is -2.38. The summed E-state index contributed by atoms with van der Waals surface area (Å²) in [4.78, 5) is 25.3. The van der Waals surface area contributed by atoms with Crippen molar-refractivity contribution in [2.45, 2.75) is 11.7 Å². The lowest BCUT2D eigenvalue weighted by atomic mass is 9.98. The fourth-order valence-corrected chi connectivity index (χ4v) is 4.94. The summed E-state index contributed by atoms with van der Waals surface area (Å²) < 4.78 is 5.63. The summed E-state index contributed by atoms with van der Waals surface area (Å²) in [7, 11) is 0. The fourth-order valence-electron chi connectivity index (χ4n) is 4.02. The van der Waals surface area contributed by atoms with Crippen LogP contribution in [0.2, 0.25) is 0 Å². The highest BCUT2D eigenvalue weighted by Crippen LogP contribution is 2.44. The second-order valence-electron chi connectivity index (χ2n) is 7.66. The second-order valence-corrected chi connectivity index (χ2v) is 8.76. The lowest BCUT2D eigenvalue weighted by molar-refractivity contribution is -0.137. The first-order valence-electron chi connectivity index (χ1n) is 10.6. The maximum atomic E-state index is 12.8. The quantitative estimate of drug-likeness (QED) is 0.454. The molecule has 3 aromatic rings. The maximum absolute atomic E-state index is 12.8. The van der Waals surface area contributed by atoms with E-state index in [1.165, 1.54) is 10.5 Å². The first-order chi connectivity index (χ1) is 15.6. The molecule has 0 bridgehead atoms. The lowest BCUT2D eigenvalue weighted by Gasteiger charge is -2.22. The Bertz CT molecular complexity index is 1040. The molecule has 5 nitrogen and oxygen atoms in total. The molecule has 1 aliphatic rings. The van der Waals surface area contributed by atoms with E-state index in [0.717, 1.165) is 28.0 Å². The summed E-state index contributed by atoms with van der Waals surface area (Å²) >= 11 is 1.66. The molecule has 164 valence electrons. The van der Waals surface area contributed by atoms with Crippen molar-refractivity contribution in [3.8, 4) is 11.1 Å². The van der Waals surface area contributed by atoms with E-state index in [2.05, 4.69) is 24.3 Å². The number of hydrogen-bond acceptors (Lipinski definition) is 4.